The van der Waals surface area contributed by atoms with Crippen molar-refractivity contribution in [3.05, 3.63) is 50.7 Å². The zero-order valence-corrected chi connectivity index (χ0v) is 12.0. The minimum absolute atomic E-state index is 0.0284. The van der Waals surface area contributed by atoms with Gasteiger partial charge in [0.15, 0.2) is 0 Å². The number of aromatic hydroxyl groups is 1. The Bertz CT molecular complexity index is 841. The summed E-state index contributed by atoms with van der Waals surface area (Å²) in [5.74, 6) is -0.707. The molecule has 2 aromatic rings. The molecule has 1 amide bonds. The molecule has 0 radical (unpaired) electrons. The molecule has 0 aliphatic rings. The van der Waals surface area contributed by atoms with Gasteiger partial charge >= 0.3 is 5.69 Å². The maximum atomic E-state index is 11.8. The molecule has 1 aromatic carbocycles. The van der Waals surface area contributed by atoms with Crippen LogP contribution in [0.2, 0.25) is 0 Å². The Morgan fingerprint density at radius 2 is 2.13 bits per heavy atom. The third kappa shape index (κ3) is 4.27. The van der Waals surface area contributed by atoms with Crippen LogP contribution < -0.4 is 22.0 Å². The van der Waals surface area contributed by atoms with E-state index in [2.05, 4.69) is 20.9 Å². The first-order valence-corrected chi connectivity index (χ1v) is 6.54. The number of carbonyl (C=O) groups is 1. The SMILES string of the molecule is C[C@H](Nc1n[nH]c(=O)[nH]c1=O)C(=O)N/N=C/c1ccccc1O. The molecule has 0 aliphatic carbocycles. The summed E-state index contributed by atoms with van der Waals surface area (Å²) in [5.41, 5.74) is 1.20. The van der Waals surface area contributed by atoms with E-state index in [1.165, 1.54) is 19.2 Å². The smallest absolute Gasteiger partial charge is 0.342 e. The van der Waals surface area contributed by atoms with Crippen molar-refractivity contribution < 1.29 is 9.90 Å². The summed E-state index contributed by atoms with van der Waals surface area (Å²) in [4.78, 5) is 36.1. The highest BCUT2D eigenvalue weighted by Gasteiger charge is 2.14. The number of aromatic amines is 2. The van der Waals surface area contributed by atoms with Crippen molar-refractivity contribution in [2.45, 2.75) is 13.0 Å². The predicted octanol–water partition coefficient (Wildman–Crippen LogP) is -0.885. The molecule has 0 unspecified atom stereocenters. The lowest BCUT2D eigenvalue weighted by Gasteiger charge is -2.11. The Balaban J connectivity index is 1.96. The fourth-order valence-corrected chi connectivity index (χ4v) is 1.58. The maximum absolute atomic E-state index is 11.8. The van der Waals surface area contributed by atoms with Gasteiger partial charge in [0.2, 0.25) is 5.82 Å². The van der Waals surface area contributed by atoms with E-state index in [0.29, 0.717) is 5.56 Å². The fourth-order valence-electron chi connectivity index (χ4n) is 1.58. The number of H-pyrrole nitrogens is 2. The van der Waals surface area contributed by atoms with Crippen molar-refractivity contribution in [1.82, 2.24) is 20.6 Å². The molecule has 0 saturated carbocycles. The summed E-state index contributed by atoms with van der Waals surface area (Å²) in [6.45, 7) is 1.48. The van der Waals surface area contributed by atoms with E-state index in [9.17, 15) is 19.5 Å². The number of hydrogen-bond acceptors (Lipinski definition) is 7. The van der Waals surface area contributed by atoms with Gasteiger partial charge in [-0.3, -0.25) is 14.6 Å². The molecule has 1 heterocycles. The minimum atomic E-state index is -0.837. The number of phenols is 1. The number of anilines is 1. The average molecular weight is 318 g/mol. The molecule has 0 aliphatic heterocycles. The third-order valence-corrected chi connectivity index (χ3v) is 2.77. The van der Waals surface area contributed by atoms with E-state index in [1.54, 1.807) is 18.2 Å². The van der Waals surface area contributed by atoms with Gasteiger partial charge in [-0.25, -0.2) is 15.3 Å². The lowest BCUT2D eigenvalue weighted by molar-refractivity contribution is -0.121. The van der Waals surface area contributed by atoms with Gasteiger partial charge in [-0.15, -0.1) is 5.10 Å². The van der Waals surface area contributed by atoms with E-state index < -0.39 is 23.2 Å². The molecule has 10 heteroatoms. The highest BCUT2D eigenvalue weighted by Crippen LogP contribution is 2.12. The summed E-state index contributed by atoms with van der Waals surface area (Å²) < 4.78 is 0. The number of nitrogens with zero attached hydrogens (tertiary/aromatic N) is 2. The average Bonchev–Trinajstić information content (AvgIpc) is 2.51. The van der Waals surface area contributed by atoms with E-state index in [-0.39, 0.29) is 11.6 Å². The molecule has 0 bridgehead atoms. The first kappa shape index (κ1) is 15.9. The lowest BCUT2D eigenvalue weighted by atomic mass is 10.2. The van der Waals surface area contributed by atoms with Gasteiger partial charge < -0.3 is 10.4 Å². The van der Waals surface area contributed by atoms with Crippen molar-refractivity contribution in [2.24, 2.45) is 5.10 Å². The fraction of sp³-hybridized carbons (Fsp3) is 0.154. The van der Waals surface area contributed by atoms with Gasteiger partial charge in [0.05, 0.1) is 6.21 Å². The van der Waals surface area contributed by atoms with E-state index in [0.717, 1.165) is 0 Å². The number of carbonyl (C=O) groups excluding carboxylic acids is 1. The summed E-state index contributed by atoms with van der Waals surface area (Å²) in [6.07, 6.45) is 1.28. The zero-order chi connectivity index (χ0) is 16.8. The van der Waals surface area contributed by atoms with Crippen molar-refractivity contribution in [2.75, 3.05) is 5.32 Å². The normalized spacial score (nSPS) is 12.0. The summed E-state index contributed by atoms with van der Waals surface area (Å²) in [7, 11) is 0. The molecule has 10 nitrogen and oxygen atoms in total. The van der Waals surface area contributed by atoms with Gasteiger partial charge in [0.25, 0.3) is 11.5 Å². The number of hydrogen-bond donors (Lipinski definition) is 5. The molecular formula is C13H14N6O4. The highest BCUT2D eigenvalue weighted by molar-refractivity contribution is 5.87. The van der Waals surface area contributed by atoms with E-state index in [4.69, 9.17) is 0 Å². The summed E-state index contributed by atoms with van der Waals surface area (Å²) >= 11 is 0. The third-order valence-electron chi connectivity index (χ3n) is 2.77. The van der Waals surface area contributed by atoms with Crippen LogP contribution >= 0.6 is 0 Å². The first-order chi connectivity index (χ1) is 11.0. The predicted molar refractivity (Wildman–Crippen MR) is 82.4 cm³/mol. The number of nitrogens with one attached hydrogen (secondary N) is 4. The number of hydrazone groups is 1. The maximum Gasteiger partial charge on any atom is 0.342 e. The van der Waals surface area contributed by atoms with Gasteiger partial charge in [-0.2, -0.15) is 5.10 Å². The Morgan fingerprint density at radius 1 is 1.39 bits per heavy atom. The summed E-state index contributed by atoms with van der Waals surface area (Å²) in [5, 5.41) is 21.3. The number of amides is 1. The summed E-state index contributed by atoms with van der Waals surface area (Å²) in [6, 6.07) is 5.64. The standard InChI is InChI=1S/C13H14N6O4/c1-7(15-10-12(22)16-13(23)19-17-10)11(21)18-14-6-8-4-2-3-5-9(8)20/h2-7,20H,1H3,(H,15,17)(H,18,21)(H2,16,19,22,23)/b14-6+/t7-/m0/s1. The molecule has 1 atom stereocenters. The van der Waals surface area contributed by atoms with Crippen molar-refractivity contribution in [1.29, 1.82) is 0 Å². The van der Waals surface area contributed by atoms with Crippen LogP contribution in [0.25, 0.3) is 0 Å². The van der Waals surface area contributed by atoms with Crippen molar-refractivity contribution in [3.63, 3.8) is 0 Å². The second kappa shape index (κ2) is 7.02. The van der Waals surface area contributed by atoms with E-state index in [1.807, 2.05) is 10.1 Å². The van der Waals surface area contributed by atoms with Gasteiger partial charge in [-0.1, -0.05) is 12.1 Å². The van der Waals surface area contributed by atoms with Crippen molar-refractivity contribution >= 4 is 17.9 Å². The van der Waals surface area contributed by atoms with Crippen LogP contribution in [0.4, 0.5) is 5.82 Å². The zero-order valence-electron chi connectivity index (χ0n) is 12.0. The van der Waals surface area contributed by atoms with Crippen molar-refractivity contribution in [3.8, 4) is 5.75 Å². The number of para-hydroxylation sites is 1. The molecule has 0 fully saturated rings. The number of rotatable bonds is 5. The Kier molecular flexibility index (Phi) is 4.87. The Morgan fingerprint density at radius 3 is 2.83 bits per heavy atom. The first-order valence-electron chi connectivity index (χ1n) is 6.54. The van der Waals surface area contributed by atoms with Crippen LogP contribution in [0.5, 0.6) is 5.75 Å². The van der Waals surface area contributed by atoms with Crippen LogP contribution in [0.1, 0.15) is 12.5 Å². The topological polar surface area (TPSA) is 152 Å². The second-order valence-corrected chi connectivity index (χ2v) is 4.51. The van der Waals surface area contributed by atoms with Gasteiger partial charge in [-0.05, 0) is 19.1 Å². The molecule has 2 rings (SSSR count). The monoisotopic (exact) mass is 318 g/mol. The van der Waals surface area contributed by atoms with Gasteiger partial charge in [0, 0.05) is 5.56 Å². The number of phenolic OH excluding ortho intramolecular Hbond substituents is 1. The Hall–Kier alpha value is -3.43. The van der Waals surface area contributed by atoms with Crippen LogP contribution in [0, 0.1) is 0 Å². The van der Waals surface area contributed by atoms with Crippen LogP contribution in [0.15, 0.2) is 39.0 Å². The van der Waals surface area contributed by atoms with Crippen LogP contribution in [-0.4, -0.2) is 38.5 Å². The molecule has 120 valence electrons. The van der Waals surface area contributed by atoms with E-state index >= 15 is 0 Å². The van der Waals surface area contributed by atoms with Crippen LogP contribution in [0.3, 0.4) is 0 Å². The van der Waals surface area contributed by atoms with Crippen LogP contribution in [-0.2, 0) is 4.79 Å². The molecule has 1 aromatic heterocycles. The quantitative estimate of drug-likeness (QED) is 0.356. The molecule has 0 spiro atoms. The Labute approximate surface area is 129 Å². The highest BCUT2D eigenvalue weighted by atomic mass is 16.3. The van der Waals surface area contributed by atoms with Gasteiger partial charge in [0.1, 0.15) is 11.8 Å². The molecule has 0 saturated heterocycles. The number of aromatic nitrogens is 3. The molecular weight excluding hydrogens is 304 g/mol. The molecule has 5 N–H and O–H groups in total. The minimum Gasteiger partial charge on any atom is -0.507 e. The lowest BCUT2D eigenvalue weighted by Crippen LogP contribution is -2.38. The number of benzene rings is 1. The second-order valence-electron chi connectivity index (χ2n) is 4.51. The largest absolute Gasteiger partial charge is 0.507 e. The molecule has 23 heavy (non-hydrogen) atoms.